The first-order chi connectivity index (χ1) is 9.98. The van der Waals surface area contributed by atoms with Gasteiger partial charge in [0.05, 0.1) is 17.6 Å². The largest absolute Gasteiger partial charge is 0.393 e. The van der Waals surface area contributed by atoms with Crippen molar-refractivity contribution in [3.63, 3.8) is 0 Å². The van der Waals surface area contributed by atoms with Crippen LogP contribution in [0.4, 0.5) is 0 Å². The average Bonchev–Trinajstić information content (AvgIpc) is 3.01. The molecule has 3 heteroatoms. The minimum atomic E-state index is -0.590. The van der Waals surface area contributed by atoms with E-state index >= 15 is 0 Å². The maximum atomic E-state index is 12.1. The number of carbonyl (C=O) groups is 1. The van der Waals surface area contributed by atoms with Crippen molar-refractivity contribution in [1.82, 2.24) is 0 Å². The Balaban J connectivity index is 1.60. The van der Waals surface area contributed by atoms with Crippen molar-refractivity contribution in [3.8, 4) is 0 Å². The number of ketones is 1. The summed E-state index contributed by atoms with van der Waals surface area (Å²) in [7, 11) is 0. The van der Waals surface area contributed by atoms with Crippen LogP contribution in [0.5, 0.6) is 0 Å². The summed E-state index contributed by atoms with van der Waals surface area (Å²) in [4.78, 5) is 12.1. The molecule has 0 bridgehead atoms. The van der Waals surface area contributed by atoms with Gasteiger partial charge in [-0.3, -0.25) is 4.79 Å². The molecule has 0 saturated heterocycles. The Kier molecular flexibility index (Phi) is 2.94. The second kappa shape index (κ2) is 4.42. The van der Waals surface area contributed by atoms with Crippen molar-refractivity contribution in [2.75, 3.05) is 0 Å². The molecule has 3 nitrogen and oxygen atoms in total. The lowest BCUT2D eigenvalue weighted by molar-refractivity contribution is -0.125. The summed E-state index contributed by atoms with van der Waals surface area (Å²) in [6.45, 7) is 2.20. The Morgan fingerprint density at radius 3 is 2.76 bits per heavy atom. The average molecular weight is 290 g/mol. The number of Topliss-reactive ketones (excluding diaryl/α,β-unsaturated/α-hetero) is 1. The van der Waals surface area contributed by atoms with Crippen LogP contribution in [0.1, 0.15) is 58.3 Å². The number of carbonyl (C=O) groups excluding carboxylic acids is 1. The van der Waals surface area contributed by atoms with Crippen LogP contribution in [0, 0.1) is 22.7 Å². The number of fused-ring (bicyclic) bond motifs is 2. The van der Waals surface area contributed by atoms with Crippen LogP contribution in [-0.4, -0.2) is 28.2 Å². The zero-order valence-corrected chi connectivity index (χ0v) is 12.8. The van der Waals surface area contributed by atoms with E-state index in [0.717, 1.165) is 44.9 Å². The van der Waals surface area contributed by atoms with Gasteiger partial charge in [0.15, 0.2) is 0 Å². The van der Waals surface area contributed by atoms with Crippen LogP contribution in [0.3, 0.4) is 0 Å². The summed E-state index contributed by atoms with van der Waals surface area (Å²) < 4.78 is 0. The number of hydrogen-bond donors (Lipinski definition) is 2. The first-order valence-corrected chi connectivity index (χ1v) is 8.58. The van der Waals surface area contributed by atoms with Gasteiger partial charge in [-0.2, -0.15) is 0 Å². The SMILES string of the molecule is CC12CCC/C(=C\C(O)C34CC3CCC4=O)C1CCC2O. The van der Waals surface area contributed by atoms with Gasteiger partial charge in [-0.15, -0.1) is 0 Å². The van der Waals surface area contributed by atoms with E-state index in [9.17, 15) is 15.0 Å². The molecule has 0 amide bonds. The predicted octanol–water partition coefficient (Wildman–Crippen LogP) is 2.60. The summed E-state index contributed by atoms with van der Waals surface area (Å²) in [6, 6.07) is 0. The highest BCUT2D eigenvalue weighted by Crippen LogP contribution is 2.64. The molecule has 0 heterocycles. The molecule has 4 saturated carbocycles. The predicted molar refractivity (Wildman–Crippen MR) is 79.6 cm³/mol. The number of allylic oxidation sites excluding steroid dienone is 1. The summed E-state index contributed by atoms with van der Waals surface area (Å²) >= 11 is 0. The van der Waals surface area contributed by atoms with Crippen LogP contribution in [-0.2, 0) is 4.79 Å². The highest BCUT2D eigenvalue weighted by Gasteiger charge is 2.66. The normalized spacial score (nSPS) is 51.9. The smallest absolute Gasteiger partial charge is 0.142 e. The summed E-state index contributed by atoms with van der Waals surface area (Å²) in [5.41, 5.74) is 0.884. The molecule has 0 aromatic carbocycles. The topological polar surface area (TPSA) is 57.5 Å². The van der Waals surface area contributed by atoms with Gasteiger partial charge in [-0.05, 0) is 56.8 Å². The Labute approximate surface area is 126 Å². The second-order valence-electron chi connectivity index (χ2n) is 8.09. The monoisotopic (exact) mass is 290 g/mol. The van der Waals surface area contributed by atoms with Gasteiger partial charge in [0, 0.05) is 11.8 Å². The Hall–Kier alpha value is -0.670. The molecule has 4 aliphatic carbocycles. The van der Waals surface area contributed by atoms with E-state index in [1.54, 1.807) is 0 Å². The fourth-order valence-electron chi connectivity index (χ4n) is 5.68. The fraction of sp³-hybridized carbons (Fsp3) is 0.833. The standard InChI is InChI=1S/C18H26O3/c1-17-8-2-3-11(13(17)5-7-14(17)19)9-16(21)18-10-12(18)4-6-15(18)20/h9,12-14,16,19,21H,2-8,10H2,1H3/b11-9+. The van der Waals surface area contributed by atoms with E-state index in [2.05, 4.69) is 6.92 Å². The molecular formula is C18H26O3. The van der Waals surface area contributed by atoms with Gasteiger partial charge in [0.25, 0.3) is 0 Å². The maximum absolute atomic E-state index is 12.1. The van der Waals surface area contributed by atoms with E-state index in [1.807, 2.05) is 6.08 Å². The van der Waals surface area contributed by atoms with E-state index in [1.165, 1.54) is 5.57 Å². The molecule has 2 N–H and O–H groups in total. The molecule has 0 aromatic heterocycles. The third-order valence-electron chi connectivity index (χ3n) is 7.21. The van der Waals surface area contributed by atoms with Gasteiger partial charge in [-0.25, -0.2) is 0 Å². The number of aliphatic hydroxyl groups is 2. The van der Waals surface area contributed by atoms with Gasteiger partial charge >= 0.3 is 0 Å². The lowest BCUT2D eigenvalue weighted by Gasteiger charge is -2.40. The minimum absolute atomic E-state index is 0.00981. The van der Waals surface area contributed by atoms with Gasteiger partial charge < -0.3 is 10.2 Å². The van der Waals surface area contributed by atoms with Crippen molar-refractivity contribution in [3.05, 3.63) is 11.6 Å². The van der Waals surface area contributed by atoms with Crippen molar-refractivity contribution < 1.29 is 15.0 Å². The van der Waals surface area contributed by atoms with Crippen LogP contribution in [0.15, 0.2) is 11.6 Å². The van der Waals surface area contributed by atoms with Crippen molar-refractivity contribution in [1.29, 1.82) is 0 Å². The Bertz CT molecular complexity index is 511. The molecule has 0 radical (unpaired) electrons. The first kappa shape index (κ1) is 14.0. The van der Waals surface area contributed by atoms with Crippen LogP contribution < -0.4 is 0 Å². The summed E-state index contributed by atoms with van der Waals surface area (Å²) in [6.07, 6.45) is 8.84. The van der Waals surface area contributed by atoms with Crippen molar-refractivity contribution >= 4 is 5.78 Å². The third-order valence-corrected chi connectivity index (χ3v) is 7.21. The van der Waals surface area contributed by atoms with Crippen molar-refractivity contribution in [2.45, 2.75) is 70.5 Å². The van der Waals surface area contributed by atoms with E-state index < -0.39 is 11.5 Å². The second-order valence-corrected chi connectivity index (χ2v) is 8.09. The fourth-order valence-corrected chi connectivity index (χ4v) is 5.68. The third kappa shape index (κ3) is 1.77. The molecule has 4 fully saturated rings. The molecule has 6 unspecified atom stereocenters. The van der Waals surface area contributed by atoms with Crippen LogP contribution in [0.25, 0.3) is 0 Å². The lowest BCUT2D eigenvalue weighted by atomic mass is 9.66. The van der Waals surface area contributed by atoms with E-state index in [-0.39, 0.29) is 17.3 Å². The van der Waals surface area contributed by atoms with Crippen LogP contribution in [0.2, 0.25) is 0 Å². The molecule has 21 heavy (non-hydrogen) atoms. The highest BCUT2D eigenvalue weighted by atomic mass is 16.3. The molecule has 116 valence electrons. The first-order valence-electron chi connectivity index (χ1n) is 8.58. The van der Waals surface area contributed by atoms with E-state index in [4.69, 9.17) is 0 Å². The molecule has 4 rings (SSSR count). The zero-order valence-electron chi connectivity index (χ0n) is 12.8. The summed E-state index contributed by atoms with van der Waals surface area (Å²) in [5, 5.41) is 21.0. The number of rotatable bonds is 2. The number of aliphatic hydroxyl groups excluding tert-OH is 2. The zero-order chi connectivity index (χ0) is 14.8. The molecule has 0 aliphatic heterocycles. The maximum Gasteiger partial charge on any atom is 0.142 e. The van der Waals surface area contributed by atoms with E-state index in [0.29, 0.717) is 18.3 Å². The lowest BCUT2D eigenvalue weighted by Crippen LogP contribution is -2.37. The molecule has 4 aliphatic rings. The van der Waals surface area contributed by atoms with Gasteiger partial charge in [-0.1, -0.05) is 18.6 Å². The van der Waals surface area contributed by atoms with Gasteiger partial charge in [0.1, 0.15) is 5.78 Å². The Morgan fingerprint density at radius 2 is 2.10 bits per heavy atom. The Morgan fingerprint density at radius 1 is 1.29 bits per heavy atom. The van der Waals surface area contributed by atoms with Crippen molar-refractivity contribution in [2.24, 2.45) is 22.7 Å². The molecule has 0 aromatic rings. The number of hydrogen-bond acceptors (Lipinski definition) is 3. The minimum Gasteiger partial charge on any atom is -0.393 e. The summed E-state index contributed by atoms with van der Waals surface area (Å²) in [5.74, 6) is 1.11. The molecule has 0 spiro atoms. The quantitative estimate of drug-likeness (QED) is 0.769. The molecular weight excluding hydrogens is 264 g/mol. The highest BCUT2D eigenvalue weighted by molar-refractivity contribution is 5.91. The van der Waals surface area contributed by atoms with Gasteiger partial charge in [0.2, 0.25) is 0 Å². The van der Waals surface area contributed by atoms with Crippen LogP contribution >= 0.6 is 0 Å². The molecule has 6 atom stereocenters.